The molecule has 0 aliphatic rings. The molecule has 7 aromatic carbocycles. The maximum Gasteiger partial charge on any atom is 0.160 e. The monoisotopic (exact) mass is 616 g/mol. The molecule has 9 rings (SSSR count). The summed E-state index contributed by atoms with van der Waals surface area (Å²) in [6.07, 6.45) is 0. The summed E-state index contributed by atoms with van der Waals surface area (Å²) in [4.78, 5) is 10.4. The number of rotatable bonds is 5. The van der Waals surface area contributed by atoms with E-state index in [-0.39, 0.29) is 0 Å². The van der Waals surface area contributed by atoms with Crippen molar-refractivity contribution in [2.75, 3.05) is 0 Å². The van der Waals surface area contributed by atoms with Crippen molar-refractivity contribution in [1.82, 2.24) is 9.97 Å². The van der Waals surface area contributed by atoms with E-state index in [0.717, 1.165) is 39.2 Å². The second-order valence-electron chi connectivity index (χ2n) is 11.9. The van der Waals surface area contributed by atoms with Crippen molar-refractivity contribution in [2.24, 2.45) is 0 Å². The van der Waals surface area contributed by atoms with E-state index in [2.05, 4.69) is 164 Å². The van der Waals surface area contributed by atoms with Crippen LogP contribution in [0.4, 0.5) is 0 Å². The number of benzene rings is 7. The molecule has 0 bridgehead atoms. The number of aromatic nitrogens is 2. The Morgan fingerprint density at radius 1 is 0.319 bits per heavy atom. The third-order valence-corrected chi connectivity index (χ3v) is 10.0. The van der Waals surface area contributed by atoms with Crippen LogP contribution in [0.15, 0.2) is 170 Å². The van der Waals surface area contributed by atoms with Crippen LogP contribution in [0.25, 0.3) is 87.1 Å². The lowest BCUT2D eigenvalue weighted by molar-refractivity contribution is 1.18. The van der Waals surface area contributed by atoms with Crippen molar-refractivity contribution in [1.29, 1.82) is 0 Å². The fourth-order valence-corrected chi connectivity index (χ4v) is 7.54. The van der Waals surface area contributed by atoms with Gasteiger partial charge >= 0.3 is 0 Å². The van der Waals surface area contributed by atoms with Crippen molar-refractivity contribution < 1.29 is 0 Å². The minimum Gasteiger partial charge on any atom is -0.228 e. The zero-order chi connectivity index (χ0) is 31.2. The van der Waals surface area contributed by atoms with E-state index in [1.165, 1.54) is 42.1 Å². The first-order valence-electron chi connectivity index (χ1n) is 15.8. The molecule has 0 spiro atoms. The highest BCUT2D eigenvalue weighted by Gasteiger charge is 2.15. The molecule has 47 heavy (non-hydrogen) atoms. The zero-order valence-electron chi connectivity index (χ0n) is 25.5. The van der Waals surface area contributed by atoms with Crippen LogP contribution in [0.2, 0.25) is 0 Å². The van der Waals surface area contributed by atoms with Crippen molar-refractivity contribution in [3.63, 3.8) is 0 Å². The SMILES string of the molecule is c1ccc(-c2cc(-c3ccc4sc5ccccc5c4c3)cc(-c3cc(-c4ccccc4)nc(-c4ccc5ccccc5c4)n3)c2)cc1. The number of nitrogens with zero attached hydrogens (tertiary/aromatic N) is 2. The van der Waals surface area contributed by atoms with Gasteiger partial charge in [-0.3, -0.25) is 0 Å². The Hall–Kier alpha value is -5.90. The average Bonchev–Trinajstić information content (AvgIpc) is 3.53. The van der Waals surface area contributed by atoms with E-state index in [1.54, 1.807) is 0 Å². The minimum absolute atomic E-state index is 0.713. The van der Waals surface area contributed by atoms with E-state index in [0.29, 0.717) is 5.82 Å². The molecule has 2 aromatic heterocycles. The van der Waals surface area contributed by atoms with Crippen LogP contribution in [0.5, 0.6) is 0 Å². The first-order valence-corrected chi connectivity index (χ1v) is 16.6. The highest BCUT2D eigenvalue weighted by atomic mass is 32.1. The topological polar surface area (TPSA) is 25.8 Å². The Morgan fingerprint density at radius 3 is 1.72 bits per heavy atom. The van der Waals surface area contributed by atoms with E-state index < -0.39 is 0 Å². The predicted molar refractivity (Wildman–Crippen MR) is 200 cm³/mol. The van der Waals surface area contributed by atoms with Crippen molar-refractivity contribution >= 4 is 42.3 Å². The number of hydrogen-bond donors (Lipinski definition) is 0. The molecule has 220 valence electrons. The molecule has 0 amide bonds. The third-order valence-electron chi connectivity index (χ3n) is 8.85. The normalized spacial score (nSPS) is 11.4. The van der Waals surface area contributed by atoms with Gasteiger partial charge in [0, 0.05) is 36.9 Å². The number of thiophene rings is 1. The van der Waals surface area contributed by atoms with Crippen LogP contribution in [-0.2, 0) is 0 Å². The second kappa shape index (κ2) is 11.5. The van der Waals surface area contributed by atoms with Gasteiger partial charge in [-0.05, 0) is 81.6 Å². The molecule has 0 radical (unpaired) electrons. The summed E-state index contributed by atoms with van der Waals surface area (Å²) in [6.45, 7) is 0. The molecular formula is C44H28N2S. The lowest BCUT2D eigenvalue weighted by Gasteiger charge is -2.13. The highest BCUT2D eigenvalue weighted by Crippen LogP contribution is 2.39. The van der Waals surface area contributed by atoms with Gasteiger partial charge in [0.25, 0.3) is 0 Å². The molecule has 0 aliphatic carbocycles. The first-order chi connectivity index (χ1) is 23.2. The van der Waals surface area contributed by atoms with Crippen LogP contribution in [-0.4, -0.2) is 9.97 Å². The van der Waals surface area contributed by atoms with E-state index in [9.17, 15) is 0 Å². The van der Waals surface area contributed by atoms with Gasteiger partial charge < -0.3 is 0 Å². The van der Waals surface area contributed by atoms with Crippen molar-refractivity contribution in [3.8, 4) is 56.2 Å². The van der Waals surface area contributed by atoms with Crippen molar-refractivity contribution in [2.45, 2.75) is 0 Å². The molecule has 2 nitrogen and oxygen atoms in total. The van der Waals surface area contributed by atoms with E-state index in [4.69, 9.17) is 9.97 Å². The van der Waals surface area contributed by atoms with Gasteiger partial charge in [-0.2, -0.15) is 0 Å². The Morgan fingerprint density at radius 2 is 0.915 bits per heavy atom. The fraction of sp³-hybridized carbons (Fsp3) is 0. The summed E-state index contributed by atoms with van der Waals surface area (Å²) in [5, 5.41) is 4.97. The number of fused-ring (bicyclic) bond motifs is 4. The maximum atomic E-state index is 5.25. The molecular weight excluding hydrogens is 589 g/mol. The predicted octanol–water partition coefficient (Wildman–Crippen LogP) is 12.3. The Kier molecular flexibility index (Phi) is 6.69. The summed E-state index contributed by atoms with van der Waals surface area (Å²) < 4.78 is 2.62. The third kappa shape index (κ3) is 5.17. The molecule has 0 saturated heterocycles. The lowest BCUT2D eigenvalue weighted by atomic mass is 9.94. The highest BCUT2D eigenvalue weighted by molar-refractivity contribution is 7.25. The molecule has 3 heteroatoms. The number of hydrogen-bond acceptors (Lipinski definition) is 3. The largest absolute Gasteiger partial charge is 0.228 e. The van der Waals surface area contributed by atoms with Crippen LogP contribution in [0.1, 0.15) is 0 Å². The van der Waals surface area contributed by atoms with E-state index >= 15 is 0 Å². The van der Waals surface area contributed by atoms with Gasteiger partial charge in [-0.25, -0.2) is 9.97 Å². The molecule has 9 aromatic rings. The molecule has 0 saturated carbocycles. The Balaban J connectivity index is 1.26. The van der Waals surface area contributed by atoms with E-state index in [1.807, 2.05) is 17.4 Å². The molecule has 0 N–H and O–H groups in total. The van der Waals surface area contributed by atoms with Gasteiger partial charge in [-0.1, -0.05) is 121 Å². The molecule has 0 unspecified atom stereocenters. The summed E-state index contributed by atoms with van der Waals surface area (Å²) in [6, 6.07) is 60.4. The average molecular weight is 617 g/mol. The second-order valence-corrected chi connectivity index (χ2v) is 12.9. The molecule has 0 fully saturated rings. The van der Waals surface area contributed by atoms with Crippen LogP contribution >= 0.6 is 11.3 Å². The summed E-state index contributed by atoms with van der Waals surface area (Å²) in [5.41, 5.74) is 9.57. The van der Waals surface area contributed by atoms with Gasteiger partial charge in [0.05, 0.1) is 11.4 Å². The van der Waals surface area contributed by atoms with Gasteiger partial charge in [0.2, 0.25) is 0 Å². The van der Waals surface area contributed by atoms with Gasteiger partial charge in [0.15, 0.2) is 5.82 Å². The van der Waals surface area contributed by atoms with Crippen molar-refractivity contribution in [3.05, 3.63) is 170 Å². The van der Waals surface area contributed by atoms with Crippen LogP contribution in [0.3, 0.4) is 0 Å². The van der Waals surface area contributed by atoms with Crippen LogP contribution < -0.4 is 0 Å². The van der Waals surface area contributed by atoms with Crippen LogP contribution in [0, 0.1) is 0 Å². The zero-order valence-corrected chi connectivity index (χ0v) is 26.3. The summed E-state index contributed by atoms with van der Waals surface area (Å²) in [7, 11) is 0. The molecule has 0 aliphatic heterocycles. The van der Waals surface area contributed by atoms with Gasteiger partial charge in [0.1, 0.15) is 0 Å². The Bertz CT molecular complexity index is 2570. The maximum absolute atomic E-state index is 5.25. The standard InChI is InChI=1S/C44H28N2S/c1-3-11-29(12-4-1)35-24-36(33-21-22-43-39(27-33)38-17-9-10-18-42(38)47-43)26-37(25-35)41-28-40(31-14-5-2-6-15-31)45-44(46-41)34-20-19-30-13-7-8-16-32(30)23-34/h1-28H. The quantitative estimate of drug-likeness (QED) is 0.192. The summed E-state index contributed by atoms with van der Waals surface area (Å²) >= 11 is 1.85. The Labute approximate surface area is 277 Å². The smallest absolute Gasteiger partial charge is 0.160 e. The molecule has 2 heterocycles. The fourth-order valence-electron chi connectivity index (χ4n) is 6.45. The molecule has 0 atom stereocenters. The van der Waals surface area contributed by atoms with Gasteiger partial charge in [-0.15, -0.1) is 11.3 Å². The first kappa shape index (κ1) is 27.4. The lowest BCUT2D eigenvalue weighted by Crippen LogP contribution is -1.96. The summed E-state index contributed by atoms with van der Waals surface area (Å²) in [5.74, 6) is 0.713. The minimum atomic E-state index is 0.713.